The van der Waals surface area contributed by atoms with E-state index in [0.29, 0.717) is 5.82 Å². The van der Waals surface area contributed by atoms with Crippen LogP contribution in [0.1, 0.15) is 10.4 Å². The van der Waals surface area contributed by atoms with Gasteiger partial charge in [-0.15, -0.1) is 11.8 Å². The second-order valence-corrected chi connectivity index (χ2v) is 4.39. The lowest BCUT2D eigenvalue weighted by Crippen LogP contribution is -2.18. The van der Waals surface area contributed by atoms with E-state index in [4.69, 9.17) is 5.11 Å². The molecule has 5 nitrogen and oxygen atoms in total. The van der Waals surface area contributed by atoms with Crippen LogP contribution in [0, 0.1) is 0 Å². The molecule has 1 aromatic carbocycles. The van der Waals surface area contributed by atoms with Crippen LogP contribution >= 0.6 is 11.8 Å². The van der Waals surface area contributed by atoms with E-state index in [-0.39, 0.29) is 5.56 Å². The number of hydrogen-bond acceptors (Lipinski definition) is 4. The first-order chi connectivity index (χ1) is 8.61. The van der Waals surface area contributed by atoms with Crippen LogP contribution in [0.4, 0.5) is 0 Å². The first-order valence-corrected chi connectivity index (χ1v) is 6.31. The van der Waals surface area contributed by atoms with E-state index in [1.54, 1.807) is 11.8 Å². The highest BCUT2D eigenvalue weighted by Crippen LogP contribution is 2.19. The Labute approximate surface area is 107 Å². The van der Waals surface area contributed by atoms with Crippen LogP contribution in [0.15, 0.2) is 40.2 Å². The Bertz CT molecular complexity index is 635. The maximum Gasteiger partial charge on any atom is 0.342 e. The fourth-order valence-corrected chi connectivity index (χ4v) is 1.85. The molecule has 1 heterocycles. The molecule has 0 fully saturated rings. The Morgan fingerprint density at radius 3 is 2.50 bits per heavy atom. The van der Waals surface area contributed by atoms with Gasteiger partial charge in [0.1, 0.15) is 11.4 Å². The number of aromatic amines is 1. The Balaban J connectivity index is 2.42. The first-order valence-electron chi connectivity index (χ1n) is 5.09. The molecule has 6 heteroatoms. The van der Waals surface area contributed by atoms with Gasteiger partial charge >= 0.3 is 5.97 Å². The first kappa shape index (κ1) is 12.4. The van der Waals surface area contributed by atoms with Gasteiger partial charge in [0.05, 0.1) is 0 Å². The molecule has 1 aromatic heterocycles. The van der Waals surface area contributed by atoms with E-state index in [1.807, 2.05) is 30.5 Å². The third-order valence-corrected chi connectivity index (χ3v) is 3.14. The van der Waals surface area contributed by atoms with Crippen molar-refractivity contribution in [3.8, 4) is 11.4 Å². The Kier molecular flexibility index (Phi) is 3.47. The van der Waals surface area contributed by atoms with Crippen LogP contribution in [0.3, 0.4) is 0 Å². The van der Waals surface area contributed by atoms with Crippen LogP contribution in [-0.4, -0.2) is 27.3 Å². The molecule has 0 atom stereocenters. The molecule has 0 bridgehead atoms. The SMILES string of the molecule is CSc1ccc(-c2ncc(C(=O)O)c(=O)[nH]2)cc1. The molecule has 0 unspecified atom stereocenters. The van der Waals surface area contributed by atoms with Gasteiger partial charge in [0.2, 0.25) is 0 Å². The number of aromatic nitrogens is 2. The van der Waals surface area contributed by atoms with Crippen molar-refractivity contribution in [3.63, 3.8) is 0 Å². The van der Waals surface area contributed by atoms with Gasteiger partial charge in [-0.1, -0.05) is 12.1 Å². The number of aromatic carboxylic acids is 1. The number of benzene rings is 1. The maximum atomic E-state index is 11.5. The van der Waals surface area contributed by atoms with Crippen molar-refractivity contribution in [2.45, 2.75) is 4.90 Å². The molecule has 0 aliphatic carbocycles. The molecule has 18 heavy (non-hydrogen) atoms. The number of H-pyrrole nitrogens is 1. The van der Waals surface area contributed by atoms with E-state index < -0.39 is 11.5 Å². The summed E-state index contributed by atoms with van der Waals surface area (Å²) in [5.41, 5.74) is -0.275. The minimum Gasteiger partial charge on any atom is -0.477 e. The largest absolute Gasteiger partial charge is 0.477 e. The second kappa shape index (κ2) is 5.05. The molecule has 2 N–H and O–H groups in total. The summed E-state index contributed by atoms with van der Waals surface area (Å²) < 4.78 is 0. The van der Waals surface area contributed by atoms with Gasteiger partial charge in [-0.3, -0.25) is 4.79 Å². The van der Waals surface area contributed by atoms with Crippen LogP contribution in [0.5, 0.6) is 0 Å². The van der Waals surface area contributed by atoms with Crippen LogP contribution < -0.4 is 5.56 Å². The number of carboxylic acids is 1. The van der Waals surface area contributed by atoms with E-state index in [9.17, 15) is 9.59 Å². The third kappa shape index (κ3) is 2.43. The Morgan fingerprint density at radius 2 is 2.00 bits per heavy atom. The zero-order valence-electron chi connectivity index (χ0n) is 9.51. The number of hydrogen-bond donors (Lipinski definition) is 2. The quantitative estimate of drug-likeness (QED) is 0.825. The summed E-state index contributed by atoms with van der Waals surface area (Å²) in [6.07, 6.45) is 3.04. The highest BCUT2D eigenvalue weighted by molar-refractivity contribution is 7.98. The van der Waals surface area contributed by atoms with E-state index in [2.05, 4.69) is 9.97 Å². The number of carboxylic acid groups (broad SMARTS) is 1. The molecule has 92 valence electrons. The lowest BCUT2D eigenvalue weighted by atomic mass is 10.2. The molecule has 0 spiro atoms. The molecular formula is C12H10N2O3S. The number of carbonyl (C=O) groups is 1. The van der Waals surface area contributed by atoms with Gasteiger partial charge in [0.15, 0.2) is 0 Å². The summed E-state index contributed by atoms with van der Waals surface area (Å²) in [5.74, 6) is -0.925. The standard InChI is InChI=1S/C12H10N2O3S/c1-18-8-4-2-7(3-5-8)10-13-6-9(12(16)17)11(15)14-10/h2-6H,1H3,(H,16,17)(H,13,14,15). The maximum absolute atomic E-state index is 11.5. The van der Waals surface area contributed by atoms with Gasteiger partial charge < -0.3 is 10.1 Å². The highest BCUT2D eigenvalue weighted by Gasteiger charge is 2.10. The zero-order valence-corrected chi connectivity index (χ0v) is 10.3. The monoisotopic (exact) mass is 262 g/mol. The van der Waals surface area contributed by atoms with Crippen LogP contribution in [0.25, 0.3) is 11.4 Å². The predicted molar refractivity (Wildman–Crippen MR) is 69.0 cm³/mol. The molecule has 0 aliphatic rings. The summed E-state index contributed by atoms with van der Waals surface area (Å²) in [4.78, 5) is 29.7. The van der Waals surface area contributed by atoms with Crippen molar-refractivity contribution in [2.24, 2.45) is 0 Å². The number of nitrogens with zero attached hydrogens (tertiary/aromatic N) is 1. The molecule has 2 aromatic rings. The fraction of sp³-hybridized carbons (Fsp3) is 0.0833. The average molecular weight is 262 g/mol. The molecule has 2 rings (SSSR count). The Hall–Kier alpha value is -2.08. The minimum atomic E-state index is -1.28. The lowest BCUT2D eigenvalue weighted by molar-refractivity contribution is 0.0694. The normalized spacial score (nSPS) is 10.3. The molecule has 0 radical (unpaired) electrons. The van der Waals surface area contributed by atoms with E-state index >= 15 is 0 Å². The van der Waals surface area contributed by atoms with Crippen LogP contribution in [-0.2, 0) is 0 Å². The molecule has 0 aliphatic heterocycles. The highest BCUT2D eigenvalue weighted by atomic mass is 32.2. The van der Waals surface area contributed by atoms with Crippen molar-refractivity contribution in [3.05, 3.63) is 46.4 Å². The minimum absolute atomic E-state index is 0.359. The van der Waals surface area contributed by atoms with Crippen molar-refractivity contribution in [1.82, 2.24) is 9.97 Å². The average Bonchev–Trinajstić information content (AvgIpc) is 2.38. The van der Waals surface area contributed by atoms with Gasteiger partial charge in [-0.25, -0.2) is 9.78 Å². The summed E-state index contributed by atoms with van der Waals surface area (Å²) in [6, 6.07) is 7.46. The van der Waals surface area contributed by atoms with Gasteiger partial charge in [0, 0.05) is 16.7 Å². The lowest BCUT2D eigenvalue weighted by Gasteiger charge is -2.02. The predicted octanol–water partition coefficient (Wildman–Crippen LogP) is 1.86. The van der Waals surface area contributed by atoms with Crippen molar-refractivity contribution < 1.29 is 9.90 Å². The van der Waals surface area contributed by atoms with Crippen LogP contribution in [0.2, 0.25) is 0 Å². The molecular weight excluding hydrogens is 252 g/mol. The summed E-state index contributed by atoms with van der Waals surface area (Å²) in [7, 11) is 0. The van der Waals surface area contributed by atoms with E-state index in [1.165, 1.54) is 0 Å². The number of nitrogens with one attached hydrogen (secondary N) is 1. The Morgan fingerprint density at radius 1 is 1.33 bits per heavy atom. The molecule has 0 amide bonds. The second-order valence-electron chi connectivity index (χ2n) is 3.51. The van der Waals surface area contributed by atoms with Gasteiger partial charge in [-0.05, 0) is 18.4 Å². The smallest absolute Gasteiger partial charge is 0.342 e. The molecule has 0 saturated carbocycles. The summed E-state index contributed by atoms with van der Waals surface area (Å²) in [5, 5.41) is 8.73. The van der Waals surface area contributed by atoms with E-state index in [0.717, 1.165) is 16.7 Å². The summed E-state index contributed by atoms with van der Waals surface area (Å²) >= 11 is 1.61. The summed E-state index contributed by atoms with van der Waals surface area (Å²) in [6.45, 7) is 0. The van der Waals surface area contributed by atoms with Gasteiger partial charge in [-0.2, -0.15) is 0 Å². The number of thioether (sulfide) groups is 1. The fourth-order valence-electron chi connectivity index (χ4n) is 1.44. The van der Waals surface area contributed by atoms with Gasteiger partial charge in [0.25, 0.3) is 5.56 Å². The molecule has 0 saturated heterocycles. The van der Waals surface area contributed by atoms with Crippen molar-refractivity contribution >= 4 is 17.7 Å². The zero-order chi connectivity index (χ0) is 13.1. The van der Waals surface area contributed by atoms with Crippen molar-refractivity contribution in [2.75, 3.05) is 6.26 Å². The third-order valence-electron chi connectivity index (χ3n) is 2.39. The number of rotatable bonds is 3. The van der Waals surface area contributed by atoms with Crippen molar-refractivity contribution in [1.29, 1.82) is 0 Å². The topological polar surface area (TPSA) is 83.0 Å².